The van der Waals surface area contributed by atoms with Gasteiger partial charge in [0.2, 0.25) is 0 Å². The molecule has 1 amide bonds. The average molecular weight is 248 g/mol. The lowest BCUT2D eigenvalue weighted by molar-refractivity contribution is 0.0950. The Morgan fingerprint density at radius 2 is 2.44 bits per heavy atom. The molecule has 0 aromatic heterocycles. The number of ether oxygens (including phenoxy) is 1. The number of nitrogens with one attached hydrogen (secondary N) is 2. The third-order valence-electron chi connectivity index (χ3n) is 3.17. The topological polar surface area (TPSA) is 50.4 Å². The lowest BCUT2D eigenvalue weighted by Crippen LogP contribution is -2.37. The quantitative estimate of drug-likeness (QED) is 0.826. The molecule has 1 aliphatic rings. The molecule has 2 rings (SSSR count). The lowest BCUT2D eigenvalue weighted by atomic mass is 10.1. The van der Waals surface area contributed by atoms with Crippen LogP contribution in [0.4, 0.5) is 0 Å². The van der Waals surface area contributed by atoms with Crippen LogP contribution in [0.3, 0.4) is 0 Å². The third-order valence-corrected chi connectivity index (χ3v) is 3.17. The van der Waals surface area contributed by atoms with E-state index >= 15 is 0 Å². The van der Waals surface area contributed by atoms with Crippen molar-refractivity contribution >= 4 is 5.91 Å². The highest BCUT2D eigenvalue weighted by atomic mass is 16.5. The van der Waals surface area contributed by atoms with E-state index in [1.54, 1.807) is 7.11 Å². The molecule has 1 unspecified atom stereocenters. The highest BCUT2D eigenvalue weighted by Gasteiger charge is 2.15. The van der Waals surface area contributed by atoms with Crippen molar-refractivity contribution in [2.24, 2.45) is 0 Å². The second kappa shape index (κ2) is 6.52. The van der Waals surface area contributed by atoms with Crippen molar-refractivity contribution in [3.63, 3.8) is 0 Å². The molecule has 1 saturated heterocycles. The molecule has 2 N–H and O–H groups in total. The van der Waals surface area contributed by atoms with Gasteiger partial charge in [-0.15, -0.1) is 0 Å². The standard InChI is InChI=1S/C14H20N2O2/c1-18-10-11-4-2-5-12(8-11)14(17)16-9-13-6-3-7-15-13/h2,4-5,8,13,15H,3,6-7,9-10H2,1H3,(H,16,17). The number of amides is 1. The van der Waals surface area contributed by atoms with Crippen LogP contribution in [0, 0.1) is 0 Å². The van der Waals surface area contributed by atoms with Crippen molar-refractivity contribution in [3.05, 3.63) is 35.4 Å². The van der Waals surface area contributed by atoms with Crippen molar-refractivity contribution in [1.82, 2.24) is 10.6 Å². The van der Waals surface area contributed by atoms with Gasteiger partial charge in [-0.25, -0.2) is 0 Å². The van der Waals surface area contributed by atoms with Gasteiger partial charge in [0.25, 0.3) is 5.91 Å². The van der Waals surface area contributed by atoms with Crippen molar-refractivity contribution in [2.75, 3.05) is 20.2 Å². The van der Waals surface area contributed by atoms with Gasteiger partial charge < -0.3 is 15.4 Å². The fourth-order valence-electron chi connectivity index (χ4n) is 2.22. The Balaban J connectivity index is 1.89. The Morgan fingerprint density at radius 3 is 3.17 bits per heavy atom. The Morgan fingerprint density at radius 1 is 1.56 bits per heavy atom. The monoisotopic (exact) mass is 248 g/mol. The van der Waals surface area contributed by atoms with Gasteiger partial charge in [0, 0.05) is 25.3 Å². The van der Waals surface area contributed by atoms with E-state index < -0.39 is 0 Å². The summed E-state index contributed by atoms with van der Waals surface area (Å²) in [4.78, 5) is 12.0. The summed E-state index contributed by atoms with van der Waals surface area (Å²) >= 11 is 0. The van der Waals surface area contributed by atoms with Gasteiger partial charge in [0.1, 0.15) is 0 Å². The Bertz CT molecular complexity index is 401. The van der Waals surface area contributed by atoms with E-state index in [1.807, 2.05) is 24.3 Å². The Hall–Kier alpha value is -1.39. The van der Waals surface area contributed by atoms with Crippen molar-refractivity contribution < 1.29 is 9.53 Å². The molecular formula is C14H20N2O2. The summed E-state index contributed by atoms with van der Waals surface area (Å²) in [6.45, 7) is 2.29. The highest BCUT2D eigenvalue weighted by molar-refractivity contribution is 5.94. The van der Waals surface area contributed by atoms with E-state index in [9.17, 15) is 4.79 Å². The minimum absolute atomic E-state index is 0.0124. The van der Waals surface area contributed by atoms with Crippen molar-refractivity contribution in [3.8, 4) is 0 Å². The number of rotatable bonds is 5. The number of methoxy groups -OCH3 is 1. The SMILES string of the molecule is COCc1cccc(C(=O)NCC2CCCN2)c1. The van der Waals surface area contributed by atoms with E-state index in [-0.39, 0.29) is 5.91 Å². The van der Waals surface area contributed by atoms with Crippen LogP contribution in [0.5, 0.6) is 0 Å². The molecular weight excluding hydrogens is 228 g/mol. The molecule has 18 heavy (non-hydrogen) atoms. The molecule has 0 aliphatic carbocycles. The largest absolute Gasteiger partial charge is 0.380 e. The second-order valence-corrected chi connectivity index (χ2v) is 4.64. The van der Waals surface area contributed by atoms with Crippen LogP contribution in [0.2, 0.25) is 0 Å². The average Bonchev–Trinajstić information content (AvgIpc) is 2.90. The zero-order valence-corrected chi connectivity index (χ0v) is 10.7. The lowest BCUT2D eigenvalue weighted by Gasteiger charge is -2.11. The molecule has 98 valence electrons. The number of benzene rings is 1. The Kier molecular flexibility index (Phi) is 4.73. The molecule has 0 saturated carbocycles. The maximum absolute atomic E-state index is 12.0. The maximum atomic E-state index is 12.0. The van der Waals surface area contributed by atoms with Crippen LogP contribution < -0.4 is 10.6 Å². The molecule has 1 atom stereocenters. The molecule has 0 bridgehead atoms. The summed E-state index contributed by atoms with van der Waals surface area (Å²) in [6.07, 6.45) is 2.34. The number of hydrogen-bond donors (Lipinski definition) is 2. The summed E-state index contributed by atoms with van der Waals surface area (Å²) < 4.78 is 5.06. The number of carbonyl (C=O) groups is 1. The van der Waals surface area contributed by atoms with Crippen LogP contribution >= 0.6 is 0 Å². The fraction of sp³-hybridized carbons (Fsp3) is 0.500. The third kappa shape index (κ3) is 3.55. The van der Waals surface area contributed by atoms with Gasteiger partial charge in [0.05, 0.1) is 6.61 Å². The molecule has 1 aromatic carbocycles. The first kappa shape index (κ1) is 13.1. The van der Waals surface area contributed by atoms with Crippen LogP contribution in [-0.2, 0) is 11.3 Å². The van der Waals surface area contributed by atoms with Gasteiger partial charge in [-0.2, -0.15) is 0 Å². The smallest absolute Gasteiger partial charge is 0.251 e. The first-order valence-electron chi connectivity index (χ1n) is 6.39. The Labute approximate surface area is 108 Å². The zero-order chi connectivity index (χ0) is 12.8. The summed E-state index contributed by atoms with van der Waals surface area (Å²) in [6, 6.07) is 7.98. The molecule has 4 heteroatoms. The molecule has 4 nitrogen and oxygen atoms in total. The van der Waals surface area contributed by atoms with Gasteiger partial charge in [-0.3, -0.25) is 4.79 Å². The number of carbonyl (C=O) groups excluding carboxylic acids is 1. The molecule has 0 spiro atoms. The number of hydrogen-bond acceptors (Lipinski definition) is 3. The van der Waals surface area contributed by atoms with E-state index in [1.165, 1.54) is 6.42 Å². The van der Waals surface area contributed by atoms with Crippen molar-refractivity contribution in [2.45, 2.75) is 25.5 Å². The first-order chi connectivity index (χ1) is 8.79. The van der Waals surface area contributed by atoms with Crippen LogP contribution in [0.15, 0.2) is 24.3 Å². The highest BCUT2D eigenvalue weighted by Crippen LogP contribution is 2.07. The first-order valence-corrected chi connectivity index (χ1v) is 6.39. The molecule has 0 radical (unpaired) electrons. The molecule has 1 fully saturated rings. The minimum Gasteiger partial charge on any atom is -0.380 e. The normalized spacial score (nSPS) is 18.8. The van der Waals surface area contributed by atoms with E-state index in [4.69, 9.17) is 4.74 Å². The molecule has 1 aliphatic heterocycles. The van der Waals surface area contributed by atoms with Crippen molar-refractivity contribution in [1.29, 1.82) is 0 Å². The van der Waals surface area contributed by atoms with Gasteiger partial charge >= 0.3 is 0 Å². The van der Waals surface area contributed by atoms with Crippen LogP contribution in [0.1, 0.15) is 28.8 Å². The predicted octanol–water partition coefficient (Wildman–Crippen LogP) is 1.31. The minimum atomic E-state index is -0.0124. The molecule has 1 heterocycles. The van der Waals surface area contributed by atoms with Crippen LogP contribution in [0.25, 0.3) is 0 Å². The van der Waals surface area contributed by atoms with Crippen LogP contribution in [-0.4, -0.2) is 32.1 Å². The second-order valence-electron chi connectivity index (χ2n) is 4.64. The van der Waals surface area contributed by atoms with Gasteiger partial charge in [-0.05, 0) is 37.1 Å². The van der Waals surface area contributed by atoms with E-state index in [0.717, 1.165) is 18.5 Å². The summed E-state index contributed by atoms with van der Waals surface area (Å²) in [5.74, 6) is -0.0124. The van der Waals surface area contributed by atoms with Gasteiger partial charge in [0.15, 0.2) is 0 Å². The van der Waals surface area contributed by atoms with Gasteiger partial charge in [-0.1, -0.05) is 12.1 Å². The predicted molar refractivity (Wildman–Crippen MR) is 70.5 cm³/mol. The van der Waals surface area contributed by atoms with E-state index in [2.05, 4.69) is 10.6 Å². The summed E-state index contributed by atoms with van der Waals surface area (Å²) in [7, 11) is 1.65. The summed E-state index contributed by atoms with van der Waals surface area (Å²) in [5, 5.41) is 6.33. The van der Waals surface area contributed by atoms with E-state index in [0.29, 0.717) is 24.8 Å². The molecule has 1 aromatic rings. The summed E-state index contributed by atoms with van der Waals surface area (Å²) in [5.41, 5.74) is 1.71. The maximum Gasteiger partial charge on any atom is 0.251 e. The fourth-order valence-corrected chi connectivity index (χ4v) is 2.22. The zero-order valence-electron chi connectivity index (χ0n) is 10.7.